The summed E-state index contributed by atoms with van der Waals surface area (Å²) in [5, 5.41) is 0.281. The fourth-order valence-electron chi connectivity index (χ4n) is 7.99. The Kier molecular flexibility index (Phi) is 5.54. The standard InChI is InChI=1S/C27H46O2Si/c1-18(28)22-11-12-23-21-10-9-19-17-20(29-30(7,8)25(2,3)4)13-15-26(19,5)24(21)14-16-27(22,23)6/h9,20-24H,10-17H2,1-8H3/t20?,21-,22+,23-,24-,26-,27+/m0/s1. The lowest BCUT2D eigenvalue weighted by Gasteiger charge is -2.58. The summed E-state index contributed by atoms with van der Waals surface area (Å²) in [6, 6.07) is 0. The highest BCUT2D eigenvalue weighted by molar-refractivity contribution is 6.74. The third kappa shape index (κ3) is 3.41. The van der Waals surface area contributed by atoms with Crippen LogP contribution in [0.2, 0.25) is 18.1 Å². The van der Waals surface area contributed by atoms with Crippen molar-refractivity contribution in [2.45, 2.75) is 117 Å². The minimum Gasteiger partial charge on any atom is -0.414 e. The van der Waals surface area contributed by atoms with Gasteiger partial charge in [-0.3, -0.25) is 4.79 Å². The van der Waals surface area contributed by atoms with Crippen LogP contribution in [-0.2, 0) is 9.22 Å². The number of hydrogen-bond acceptors (Lipinski definition) is 2. The predicted molar refractivity (Wildman–Crippen MR) is 128 cm³/mol. The van der Waals surface area contributed by atoms with E-state index in [-0.39, 0.29) is 10.5 Å². The van der Waals surface area contributed by atoms with Crippen molar-refractivity contribution in [3.05, 3.63) is 11.6 Å². The van der Waals surface area contributed by atoms with Crippen molar-refractivity contribution in [1.82, 2.24) is 0 Å². The fourth-order valence-corrected chi connectivity index (χ4v) is 9.38. The van der Waals surface area contributed by atoms with Crippen LogP contribution in [0.3, 0.4) is 0 Å². The Labute approximate surface area is 186 Å². The Bertz CT molecular complexity index is 732. The SMILES string of the molecule is CC(=O)[C@H]1CC[C@H]2[C@@H]3CC=C4CC(O[Si](C)(C)C(C)(C)C)CC[C@]4(C)[C@H]3CC[C@]12C. The summed E-state index contributed by atoms with van der Waals surface area (Å²) in [7, 11) is -1.71. The monoisotopic (exact) mass is 430 g/mol. The van der Waals surface area contributed by atoms with Gasteiger partial charge in [-0.1, -0.05) is 46.3 Å². The van der Waals surface area contributed by atoms with Crippen molar-refractivity contribution in [3.63, 3.8) is 0 Å². The molecule has 0 aromatic rings. The van der Waals surface area contributed by atoms with Gasteiger partial charge in [-0.2, -0.15) is 0 Å². The number of fused-ring (bicyclic) bond motifs is 5. The van der Waals surface area contributed by atoms with E-state index in [1.54, 1.807) is 5.57 Å². The molecule has 0 amide bonds. The van der Waals surface area contributed by atoms with Crippen LogP contribution >= 0.6 is 0 Å². The maximum atomic E-state index is 12.4. The van der Waals surface area contributed by atoms with Crippen molar-refractivity contribution in [2.75, 3.05) is 0 Å². The zero-order chi connectivity index (χ0) is 22.1. The molecule has 0 aromatic heterocycles. The quantitative estimate of drug-likeness (QED) is 0.341. The lowest BCUT2D eigenvalue weighted by Crippen LogP contribution is -2.52. The largest absolute Gasteiger partial charge is 0.414 e. The number of hydrogen-bond donors (Lipinski definition) is 0. The molecule has 0 N–H and O–H groups in total. The van der Waals surface area contributed by atoms with Gasteiger partial charge in [0.2, 0.25) is 0 Å². The number of rotatable bonds is 3. The van der Waals surface area contributed by atoms with Gasteiger partial charge in [0.15, 0.2) is 8.32 Å². The predicted octanol–water partition coefficient (Wildman–Crippen LogP) is 7.54. The van der Waals surface area contributed by atoms with E-state index in [0.717, 1.165) is 30.6 Å². The first-order chi connectivity index (χ1) is 13.8. The van der Waals surface area contributed by atoms with E-state index in [4.69, 9.17) is 4.43 Å². The van der Waals surface area contributed by atoms with Crippen molar-refractivity contribution < 1.29 is 9.22 Å². The zero-order valence-electron chi connectivity index (χ0n) is 20.9. The molecule has 4 aliphatic rings. The zero-order valence-corrected chi connectivity index (χ0v) is 21.9. The average molecular weight is 431 g/mol. The molecule has 4 rings (SSSR count). The molecule has 2 nitrogen and oxygen atoms in total. The van der Waals surface area contributed by atoms with Gasteiger partial charge >= 0.3 is 0 Å². The van der Waals surface area contributed by atoms with E-state index in [2.05, 4.69) is 53.8 Å². The molecule has 170 valence electrons. The summed E-state index contributed by atoms with van der Waals surface area (Å²) in [5.74, 6) is 3.12. The third-order valence-corrected chi connectivity index (χ3v) is 15.4. The first-order valence-corrected chi connectivity index (χ1v) is 15.6. The molecule has 1 unspecified atom stereocenters. The molecule has 0 spiro atoms. The van der Waals surface area contributed by atoms with Crippen LogP contribution in [0, 0.1) is 34.5 Å². The van der Waals surface area contributed by atoms with E-state index >= 15 is 0 Å². The highest BCUT2D eigenvalue weighted by Crippen LogP contribution is 2.66. The van der Waals surface area contributed by atoms with Gasteiger partial charge in [0.25, 0.3) is 0 Å². The van der Waals surface area contributed by atoms with Crippen molar-refractivity contribution in [3.8, 4) is 0 Å². The summed E-state index contributed by atoms with van der Waals surface area (Å²) in [6.07, 6.45) is 13.0. The minimum absolute atomic E-state index is 0.261. The van der Waals surface area contributed by atoms with Gasteiger partial charge in [0, 0.05) is 12.0 Å². The number of ketones is 1. The fraction of sp³-hybridized carbons (Fsp3) is 0.889. The molecule has 3 heteroatoms. The van der Waals surface area contributed by atoms with Gasteiger partial charge in [-0.15, -0.1) is 0 Å². The number of Topliss-reactive ketones (excluding diaryl/α,β-unsaturated/α-hetero) is 1. The lowest BCUT2D eigenvalue weighted by atomic mass is 9.47. The second-order valence-corrected chi connectivity index (χ2v) is 18.0. The number of allylic oxidation sites excluding steroid dienone is 1. The molecule has 0 aliphatic heterocycles. The van der Waals surface area contributed by atoms with Crippen LogP contribution in [0.15, 0.2) is 11.6 Å². The molecule has 4 aliphatic carbocycles. The number of carbonyl (C=O) groups excluding carboxylic acids is 1. The summed E-state index contributed by atoms with van der Waals surface area (Å²) in [5.41, 5.74) is 2.34. The first-order valence-electron chi connectivity index (χ1n) is 12.7. The van der Waals surface area contributed by atoms with E-state index in [1.807, 2.05) is 6.92 Å². The molecule has 0 radical (unpaired) electrons. The highest BCUT2D eigenvalue weighted by Gasteiger charge is 2.59. The molecule has 7 atom stereocenters. The van der Waals surface area contributed by atoms with Crippen LogP contribution in [0.4, 0.5) is 0 Å². The molecule has 0 aromatic carbocycles. The topological polar surface area (TPSA) is 26.3 Å². The molecular formula is C27H46O2Si. The Morgan fingerprint density at radius 2 is 1.77 bits per heavy atom. The van der Waals surface area contributed by atoms with E-state index in [9.17, 15) is 4.79 Å². The van der Waals surface area contributed by atoms with Crippen LogP contribution < -0.4 is 0 Å². The molecule has 0 bridgehead atoms. The van der Waals surface area contributed by atoms with Crippen molar-refractivity contribution >= 4 is 14.1 Å². The first kappa shape index (κ1) is 22.8. The second kappa shape index (κ2) is 7.30. The summed E-state index contributed by atoms with van der Waals surface area (Å²) in [6.45, 7) is 18.7. The minimum atomic E-state index is -1.71. The van der Waals surface area contributed by atoms with Crippen LogP contribution in [0.5, 0.6) is 0 Å². The molecule has 3 fully saturated rings. The Morgan fingerprint density at radius 1 is 1.07 bits per heavy atom. The normalized spacial score (nSPS) is 44.0. The average Bonchev–Trinajstić information content (AvgIpc) is 2.98. The summed E-state index contributed by atoms with van der Waals surface area (Å²) < 4.78 is 6.86. The van der Waals surface area contributed by atoms with Crippen LogP contribution in [0.1, 0.15) is 92.9 Å². The van der Waals surface area contributed by atoms with Gasteiger partial charge in [0.1, 0.15) is 5.78 Å². The van der Waals surface area contributed by atoms with Gasteiger partial charge < -0.3 is 4.43 Å². The van der Waals surface area contributed by atoms with Crippen LogP contribution in [0.25, 0.3) is 0 Å². The van der Waals surface area contributed by atoms with Gasteiger partial charge in [-0.25, -0.2) is 0 Å². The molecule has 0 saturated heterocycles. The van der Waals surface area contributed by atoms with E-state index in [1.165, 1.54) is 38.5 Å². The van der Waals surface area contributed by atoms with Crippen LogP contribution in [-0.4, -0.2) is 20.2 Å². The Hall–Kier alpha value is -0.413. The Balaban J connectivity index is 1.53. The molecule has 30 heavy (non-hydrogen) atoms. The molecule has 3 saturated carbocycles. The second-order valence-electron chi connectivity index (χ2n) is 13.3. The van der Waals surface area contributed by atoms with Crippen molar-refractivity contribution in [1.29, 1.82) is 0 Å². The molecule has 0 heterocycles. The summed E-state index contributed by atoms with van der Waals surface area (Å²) >= 11 is 0. The third-order valence-electron chi connectivity index (χ3n) is 10.8. The van der Waals surface area contributed by atoms with E-state index in [0.29, 0.717) is 23.2 Å². The Morgan fingerprint density at radius 3 is 2.40 bits per heavy atom. The number of carbonyl (C=O) groups is 1. The highest BCUT2D eigenvalue weighted by atomic mass is 28.4. The van der Waals surface area contributed by atoms with Gasteiger partial charge in [0.05, 0.1) is 0 Å². The maximum absolute atomic E-state index is 12.4. The maximum Gasteiger partial charge on any atom is 0.192 e. The van der Waals surface area contributed by atoms with Gasteiger partial charge in [-0.05, 0) is 105 Å². The summed E-state index contributed by atoms with van der Waals surface area (Å²) in [4.78, 5) is 12.4. The smallest absolute Gasteiger partial charge is 0.192 e. The van der Waals surface area contributed by atoms with Crippen molar-refractivity contribution in [2.24, 2.45) is 34.5 Å². The molecular weight excluding hydrogens is 384 g/mol. The lowest BCUT2D eigenvalue weighted by molar-refractivity contribution is -0.127. The van der Waals surface area contributed by atoms with E-state index < -0.39 is 8.32 Å².